The van der Waals surface area contributed by atoms with Crippen LogP contribution in [0.3, 0.4) is 0 Å². The van der Waals surface area contributed by atoms with Gasteiger partial charge < -0.3 is 5.11 Å². The first kappa shape index (κ1) is 13.2. The second-order valence-corrected chi connectivity index (χ2v) is 6.15. The van der Waals surface area contributed by atoms with Crippen molar-refractivity contribution in [3.05, 3.63) is 47.0 Å². The summed E-state index contributed by atoms with van der Waals surface area (Å²) >= 11 is 2.98. The number of phenols is 1. The van der Waals surface area contributed by atoms with Crippen molar-refractivity contribution in [3.8, 4) is 16.2 Å². The molecular formula is C14H12N2O2S2. The normalized spacial score (nSPS) is 11.1. The Kier molecular flexibility index (Phi) is 3.50. The lowest BCUT2D eigenvalue weighted by Crippen LogP contribution is -2.18. The summed E-state index contributed by atoms with van der Waals surface area (Å²) in [6, 6.07) is 8.91. The number of hydrogen-bond donors (Lipinski definition) is 1. The number of thioether (sulfide) groups is 1. The molecular weight excluding hydrogens is 292 g/mol. The van der Waals surface area contributed by atoms with E-state index in [0.717, 1.165) is 10.4 Å². The molecule has 1 aromatic carbocycles. The number of thiophene rings is 1. The van der Waals surface area contributed by atoms with E-state index < -0.39 is 0 Å². The summed E-state index contributed by atoms with van der Waals surface area (Å²) in [4.78, 5) is 18.2. The van der Waals surface area contributed by atoms with Crippen LogP contribution in [0.1, 0.15) is 0 Å². The van der Waals surface area contributed by atoms with Crippen LogP contribution in [0.4, 0.5) is 0 Å². The Bertz CT molecular complexity index is 823. The first-order valence-electron chi connectivity index (χ1n) is 5.97. The van der Waals surface area contributed by atoms with Gasteiger partial charge in [0.2, 0.25) is 0 Å². The summed E-state index contributed by atoms with van der Waals surface area (Å²) in [7, 11) is 0. The Balaban J connectivity index is 2.19. The lowest BCUT2D eigenvalue weighted by Gasteiger charge is -2.00. The van der Waals surface area contributed by atoms with Crippen LogP contribution < -0.4 is 5.56 Å². The van der Waals surface area contributed by atoms with Crippen LogP contribution in [0, 0.1) is 0 Å². The molecule has 0 spiro atoms. The summed E-state index contributed by atoms with van der Waals surface area (Å²) in [6.45, 7) is 0. The van der Waals surface area contributed by atoms with Crippen molar-refractivity contribution >= 4 is 33.3 Å². The van der Waals surface area contributed by atoms with Gasteiger partial charge >= 0.3 is 0 Å². The van der Waals surface area contributed by atoms with E-state index >= 15 is 0 Å². The molecule has 2 heterocycles. The summed E-state index contributed by atoms with van der Waals surface area (Å²) < 4.78 is 1.59. The summed E-state index contributed by atoms with van der Waals surface area (Å²) in [6.07, 6.45) is 3.52. The van der Waals surface area contributed by atoms with Crippen molar-refractivity contribution in [2.75, 3.05) is 6.26 Å². The molecule has 0 unspecified atom stereocenters. The zero-order valence-electron chi connectivity index (χ0n) is 10.7. The lowest BCUT2D eigenvalue weighted by molar-refractivity contribution is 0.477. The van der Waals surface area contributed by atoms with E-state index in [0.29, 0.717) is 16.1 Å². The fraction of sp³-hybridized carbons (Fsp3) is 0.143. The van der Waals surface area contributed by atoms with Gasteiger partial charge in [-0.2, -0.15) is 0 Å². The highest BCUT2D eigenvalue weighted by molar-refractivity contribution is 7.97. The molecule has 6 heteroatoms. The Morgan fingerprint density at radius 3 is 2.95 bits per heavy atom. The third-order valence-electron chi connectivity index (χ3n) is 2.96. The van der Waals surface area contributed by atoms with E-state index in [4.69, 9.17) is 0 Å². The highest BCUT2D eigenvalue weighted by Gasteiger charge is 2.12. The molecule has 0 aliphatic heterocycles. The summed E-state index contributed by atoms with van der Waals surface area (Å²) in [5.41, 5.74) is 0.689. The van der Waals surface area contributed by atoms with Gasteiger partial charge in [0.05, 0.1) is 17.6 Å². The van der Waals surface area contributed by atoms with Crippen molar-refractivity contribution in [1.82, 2.24) is 9.55 Å². The molecule has 0 aliphatic rings. The topological polar surface area (TPSA) is 55.1 Å². The molecule has 0 amide bonds. The highest BCUT2D eigenvalue weighted by atomic mass is 32.2. The van der Waals surface area contributed by atoms with Crippen molar-refractivity contribution in [3.63, 3.8) is 0 Å². The van der Waals surface area contributed by atoms with Crippen LogP contribution >= 0.6 is 23.1 Å². The number of aromatic hydroxyl groups is 1. The van der Waals surface area contributed by atoms with E-state index in [1.165, 1.54) is 11.3 Å². The van der Waals surface area contributed by atoms with Crippen molar-refractivity contribution in [1.29, 1.82) is 0 Å². The zero-order chi connectivity index (χ0) is 14.1. The standard InChI is InChI=1S/C14H12N2O2S2/c1-19-8-16-7-15-13-10(14(16)18)6-12(20-13)9-4-2-3-5-11(9)17/h2-7,17H,8H2,1H3. The number of rotatable bonds is 3. The first-order valence-corrected chi connectivity index (χ1v) is 8.18. The molecule has 0 saturated carbocycles. The fourth-order valence-corrected chi connectivity index (χ4v) is 3.49. The largest absolute Gasteiger partial charge is 0.507 e. The highest BCUT2D eigenvalue weighted by Crippen LogP contribution is 2.35. The average Bonchev–Trinajstić information content (AvgIpc) is 2.87. The molecule has 0 aliphatic carbocycles. The molecule has 4 nitrogen and oxygen atoms in total. The van der Waals surface area contributed by atoms with Crippen molar-refractivity contribution < 1.29 is 5.11 Å². The monoisotopic (exact) mass is 304 g/mol. The van der Waals surface area contributed by atoms with Gasteiger partial charge in [0.15, 0.2) is 0 Å². The Hall–Kier alpha value is -1.79. The molecule has 0 atom stereocenters. The van der Waals surface area contributed by atoms with E-state index in [1.54, 1.807) is 40.9 Å². The molecule has 102 valence electrons. The number of aromatic nitrogens is 2. The number of para-hydroxylation sites is 1. The fourth-order valence-electron chi connectivity index (χ4n) is 2.01. The average molecular weight is 304 g/mol. The SMILES string of the molecule is CSCn1cnc2sc(-c3ccccc3O)cc2c1=O. The van der Waals surface area contributed by atoms with Gasteiger partial charge in [-0.25, -0.2) is 4.98 Å². The molecule has 0 radical (unpaired) electrons. The number of hydrogen-bond acceptors (Lipinski definition) is 5. The molecule has 20 heavy (non-hydrogen) atoms. The van der Waals surface area contributed by atoms with Gasteiger partial charge in [0.25, 0.3) is 5.56 Å². The minimum atomic E-state index is -0.0396. The Morgan fingerprint density at radius 1 is 1.40 bits per heavy atom. The van der Waals surface area contributed by atoms with E-state index in [-0.39, 0.29) is 11.3 Å². The van der Waals surface area contributed by atoms with E-state index in [9.17, 15) is 9.90 Å². The molecule has 1 N–H and O–H groups in total. The second kappa shape index (κ2) is 5.30. The molecule has 2 aromatic heterocycles. The summed E-state index contributed by atoms with van der Waals surface area (Å²) in [5.74, 6) is 0.798. The molecule has 3 rings (SSSR count). The van der Waals surface area contributed by atoms with Crippen LogP contribution in [-0.4, -0.2) is 20.9 Å². The van der Waals surface area contributed by atoms with E-state index in [1.807, 2.05) is 18.4 Å². The second-order valence-electron chi connectivity index (χ2n) is 4.28. The predicted octanol–water partition coefficient (Wildman–Crippen LogP) is 3.15. The van der Waals surface area contributed by atoms with Crippen molar-refractivity contribution in [2.24, 2.45) is 0 Å². The maximum Gasteiger partial charge on any atom is 0.262 e. The number of nitrogens with zero attached hydrogens (tertiary/aromatic N) is 2. The third kappa shape index (κ3) is 2.21. The maximum absolute atomic E-state index is 12.3. The van der Waals surface area contributed by atoms with Gasteiger partial charge in [0.1, 0.15) is 10.6 Å². The summed E-state index contributed by atoms with van der Waals surface area (Å²) in [5, 5.41) is 10.5. The van der Waals surface area contributed by atoms with Crippen LogP contribution in [0.2, 0.25) is 0 Å². The molecule has 0 fully saturated rings. The van der Waals surface area contributed by atoms with Crippen LogP contribution in [0.25, 0.3) is 20.7 Å². The number of fused-ring (bicyclic) bond motifs is 1. The van der Waals surface area contributed by atoms with Gasteiger partial charge in [0, 0.05) is 10.4 Å². The number of benzene rings is 1. The quantitative estimate of drug-likeness (QED) is 0.807. The zero-order valence-corrected chi connectivity index (χ0v) is 12.4. The minimum absolute atomic E-state index is 0.0396. The lowest BCUT2D eigenvalue weighted by atomic mass is 10.1. The smallest absolute Gasteiger partial charge is 0.262 e. The van der Waals surface area contributed by atoms with Gasteiger partial charge in [-0.15, -0.1) is 23.1 Å². The maximum atomic E-state index is 12.3. The van der Waals surface area contributed by atoms with Crippen molar-refractivity contribution in [2.45, 2.75) is 5.88 Å². The Labute approximate surface area is 123 Å². The minimum Gasteiger partial charge on any atom is -0.507 e. The molecule has 0 saturated heterocycles. The van der Waals surface area contributed by atoms with Crippen LogP contribution in [0.15, 0.2) is 41.5 Å². The van der Waals surface area contributed by atoms with Crippen LogP contribution in [0.5, 0.6) is 5.75 Å². The van der Waals surface area contributed by atoms with E-state index in [2.05, 4.69) is 4.98 Å². The third-order valence-corrected chi connectivity index (χ3v) is 4.57. The molecule has 3 aromatic rings. The molecule has 0 bridgehead atoms. The number of phenolic OH excluding ortho intramolecular Hbond substituents is 1. The Morgan fingerprint density at radius 2 is 2.20 bits per heavy atom. The van der Waals surface area contributed by atoms with Crippen LogP contribution in [-0.2, 0) is 5.88 Å². The predicted molar refractivity (Wildman–Crippen MR) is 84.5 cm³/mol. The van der Waals surface area contributed by atoms with Gasteiger partial charge in [-0.05, 0) is 24.5 Å². The first-order chi connectivity index (χ1) is 9.70. The van der Waals surface area contributed by atoms with Gasteiger partial charge in [-0.3, -0.25) is 9.36 Å². The van der Waals surface area contributed by atoms with Gasteiger partial charge in [-0.1, -0.05) is 12.1 Å².